The Kier molecular flexibility index (Phi) is 4.47. The van der Waals surface area contributed by atoms with Crippen molar-refractivity contribution in [2.75, 3.05) is 7.11 Å². The van der Waals surface area contributed by atoms with Crippen molar-refractivity contribution in [1.82, 2.24) is 10.1 Å². The molecule has 100 valence electrons. The van der Waals surface area contributed by atoms with E-state index < -0.39 is 0 Å². The van der Waals surface area contributed by atoms with Crippen LogP contribution in [-0.4, -0.2) is 29.1 Å². The Balaban J connectivity index is 1.91. The van der Waals surface area contributed by atoms with E-state index in [4.69, 9.17) is 9.26 Å². The summed E-state index contributed by atoms with van der Waals surface area (Å²) in [5.74, 6) is 1.65. The van der Waals surface area contributed by atoms with Gasteiger partial charge in [0.2, 0.25) is 5.89 Å². The van der Waals surface area contributed by atoms with Crippen LogP contribution in [0.25, 0.3) is 0 Å². The molecule has 2 atom stereocenters. The number of Topliss-reactive ketones (excluding diaryl/α,β-unsaturated/α-hetero) is 1. The van der Waals surface area contributed by atoms with Gasteiger partial charge >= 0.3 is 0 Å². The molecule has 5 heteroatoms. The highest BCUT2D eigenvalue weighted by atomic mass is 16.5. The number of nitrogens with zero attached hydrogens (tertiary/aromatic N) is 2. The molecule has 2 unspecified atom stereocenters. The molecule has 5 nitrogen and oxygen atoms in total. The molecule has 2 rings (SSSR count). The largest absolute Gasteiger partial charge is 0.381 e. The van der Waals surface area contributed by atoms with Gasteiger partial charge in [0, 0.05) is 32.3 Å². The van der Waals surface area contributed by atoms with Crippen LogP contribution in [0.2, 0.25) is 0 Å². The van der Waals surface area contributed by atoms with Crippen LogP contribution < -0.4 is 0 Å². The first-order valence-electron chi connectivity index (χ1n) is 6.56. The highest BCUT2D eigenvalue weighted by molar-refractivity contribution is 5.81. The van der Waals surface area contributed by atoms with Crippen molar-refractivity contribution in [3.63, 3.8) is 0 Å². The van der Waals surface area contributed by atoms with E-state index in [1.807, 2.05) is 6.92 Å². The number of hydrogen-bond acceptors (Lipinski definition) is 5. The number of ketones is 1. The SMILES string of the molecule is COC(C)Cc1noc(CC2CCCCC2=O)n1. The van der Waals surface area contributed by atoms with Crippen molar-refractivity contribution < 1.29 is 14.1 Å². The smallest absolute Gasteiger partial charge is 0.227 e. The summed E-state index contributed by atoms with van der Waals surface area (Å²) in [6, 6.07) is 0. The Morgan fingerprint density at radius 1 is 1.50 bits per heavy atom. The molecule has 18 heavy (non-hydrogen) atoms. The summed E-state index contributed by atoms with van der Waals surface area (Å²) in [5, 5.41) is 3.92. The van der Waals surface area contributed by atoms with E-state index in [1.165, 1.54) is 0 Å². The second kappa shape index (κ2) is 6.09. The van der Waals surface area contributed by atoms with Gasteiger partial charge in [-0.2, -0.15) is 4.98 Å². The molecule has 1 fully saturated rings. The number of carbonyl (C=O) groups excluding carboxylic acids is 1. The molecule has 0 aliphatic heterocycles. The van der Waals surface area contributed by atoms with Crippen molar-refractivity contribution in [3.05, 3.63) is 11.7 Å². The van der Waals surface area contributed by atoms with Gasteiger partial charge in [-0.25, -0.2) is 0 Å². The molecule has 0 N–H and O–H groups in total. The number of ether oxygens (including phenoxy) is 1. The maximum Gasteiger partial charge on any atom is 0.227 e. The lowest BCUT2D eigenvalue weighted by Crippen LogP contribution is -2.21. The van der Waals surface area contributed by atoms with E-state index >= 15 is 0 Å². The highest BCUT2D eigenvalue weighted by Gasteiger charge is 2.24. The second-order valence-electron chi connectivity index (χ2n) is 4.97. The first kappa shape index (κ1) is 13.2. The summed E-state index contributed by atoms with van der Waals surface area (Å²) < 4.78 is 10.3. The van der Waals surface area contributed by atoms with E-state index in [0.717, 1.165) is 19.3 Å². The molecule has 0 aromatic carbocycles. The van der Waals surface area contributed by atoms with E-state index in [9.17, 15) is 4.79 Å². The zero-order chi connectivity index (χ0) is 13.0. The van der Waals surface area contributed by atoms with Gasteiger partial charge < -0.3 is 9.26 Å². The van der Waals surface area contributed by atoms with Crippen LogP contribution in [0.3, 0.4) is 0 Å². The van der Waals surface area contributed by atoms with Crippen LogP contribution in [0.1, 0.15) is 44.3 Å². The fraction of sp³-hybridized carbons (Fsp3) is 0.769. The summed E-state index contributed by atoms with van der Waals surface area (Å²) in [5.41, 5.74) is 0. The third-order valence-corrected chi connectivity index (χ3v) is 3.48. The molecule has 0 radical (unpaired) electrons. The van der Waals surface area contributed by atoms with Gasteiger partial charge in [-0.1, -0.05) is 11.6 Å². The van der Waals surface area contributed by atoms with Crippen LogP contribution >= 0.6 is 0 Å². The minimum atomic E-state index is 0.0757. The molecular formula is C13H20N2O3. The second-order valence-corrected chi connectivity index (χ2v) is 4.97. The Hall–Kier alpha value is -1.23. The van der Waals surface area contributed by atoms with Crippen LogP contribution in [0.5, 0.6) is 0 Å². The van der Waals surface area contributed by atoms with Gasteiger partial charge in [0.15, 0.2) is 5.82 Å². The maximum absolute atomic E-state index is 11.7. The zero-order valence-corrected chi connectivity index (χ0v) is 11.0. The number of hydrogen-bond donors (Lipinski definition) is 0. The number of aromatic nitrogens is 2. The zero-order valence-electron chi connectivity index (χ0n) is 11.0. The van der Waals surface area contributed by atoms with Crippen molar-refractivity contribution in [2.45, 2.75) is 51.6 Å². The fourth-order valence-electron chi connectivity index (χ4n) is 2.28. The summed E-state index contributed by atoms with van der Waals surface area (Å²) in [6.45, 7) is 1.96. The summed E-state index contributed by atoms with van der Waals surface area (Å²) in [4.78, 5) is 16.0. The van der Waals surface area contributed by atoms with Crippen LogP contribution in [0, 0.1) is 5.92 Å². The average Bonchev–Trinajstić information content (AvgIpc) is 2.79. The average molecular weight is 252 g/mol. The predicted octanol–water partition coefficient (Wildman–Crippen LogP) is 1.95. The van der Waals surface area contributed by atoms with Gasteiger partial charge in [0.25, 0.3) is 0 Å². The van der Waals surface area contributed by atoms with Crippen molar-refractivity contribution >= 4 is 5.78 Å². The highest BCUT2D eigenvalue weighted by Crippen LogP contribution is 2.23. The summed E-state index contributed by atoms with van der Waals surface area (Å²) in [6.07, 6.45) is 5.10. The fourth-order valence-corrected chi connectivity index (χ4v) is 2.28. The lowest BCUT2D eigenvalue weighted by molar-refractivity contribution is -0.124. The van der Waals surface area contributed by atoms with Gasteiger partial charge in [0.1, 0.15) is 5.78 Å². The Morgan fingerprint density at radius 3 is 3.06 bits per heavy atom. The number of rotatable bonds is 5. The standard InChI is InChI=1S/C13H20N2O3/c1-9(17-2)7-12-14-13(18-15-12)8-10-5-3-4-6-11(10)16/h9-10H,3-8H2,1-2H3. The molecule has 0 amide bonds. The summed E-state index contributed by atoms with van der Waals surface area (Å²) >= 11 is 0. The first-order chi connectivity index (χ1) is 8.69. The van der Waals surface area contributed by atoms with Gasteiger partial charge in [0.05, 0.1) is 6.10 Å². The van der Waals surface area contributed by atoms with Crippen LogP contribution in [0.15, 0.2) is 4.52 Å². The van der Waals surface area contributed by atoms with Crippen LogP contribution in [0.4, 0.5) is 0 Å². The van der Waals surface area contributed by atoms with E-state index in [0.29, 0.717) is 36.8 Å². The van der Waals surface area contributed by atoms with E-state index in [2.05, 4.69) is 10.1 Å². The molecule has 0 saturated heterocycles. The molecule has 1 saturated carbocycles. The number of methoxy groups -OCH3 is 1. The first-order valence-corrected chi connectivity index (χ1v) is 6.56. The Labute approximate surface area is 107 Å². The molecular weight excluding hydrogens is 232 g/mol. The van der Waals surface area contributed by atoms with Crippen molar-refractivity contribution in [3.8, 4) is 0 Å². The minimum Gasteiger partial charge on any atom is -0.381 e. The third-order valence-electron chi connectivity index (χ3n) is 3.48. The quantitative estimate of drug-likeness (QED) is 0.801. The molecule has 1 aromatic heterocycles. The molecule has 1 heterocycles. The lowest BCUT2D eigenvalue weighted by atomic mass is 9.86. The van der Waals surface area contributed by atoms with Crippen molar-refractivity contribution in [1.29, 1.82) is 0 Å². The monoisotopic (exact) mass is 252 g/mol. The Morgan fingerprint density at radius 2 is 2.33 bits per heavy atom. The molecule has 0 spiro atoms. The topological polar surface area (TPSA) is 65.2 Å². The maximum atomic E-state index is 11.7. The van der Waals surface area contributed by atoms with E-state index in [1.54, 1.807) is 7.11 Å². The third kappa shape index (κ3) is 3.38. The predicted molar refractivity (Wildman–Crippen MR) is 65.1 cm³/mol. The van der Waals surface area contributed by atoms with Crippen LogP contribution in [-0.2, 0) is 22.4 Å². The molecule has 0 bridgehead atoms. The number of carbonyl (C=O) groups is 1. The summed E-state index contributed by atoms with van der Waals surface area (Å²) in [7, 11) is 1.66. The van der Waals surface area contributed by atoms with E-state index in [-0.39, 0.29) is 12.0 Å². The molecule has 1 aliphatic carbocycles. The van der Waals surface area contributed by atoms with Gasteiger partial charge in [-0.3, -0.25) is 4.79 Å². The normalized spacial score (nSPS) is 22.1. The lowest BCUT2D eigenvalue weighted by Gasteiger charge is -2.18. The Bertz CT molecular complexity index is 403. The van der Waals surface area contributed by atoms with Gasteiger partial charge in [-0.15, -0.1) is 0 Å². The van der Waals surface area contributed by atoms with Gasteiger partial charge in [-0.05, 0) is 19.8 Å². The molecule has 1 aliphatic rings. The van der Waals surface area contributed by atoms with Crippen molar-refractivity contribution in [2.24, 2.45) is 5.92 Å². The minimum absolute atomic E-state index is 0.0757. The molecule has 1 aromatic rings.